The lowest BCUT2D eigenvalue weighted by Gasteiger charge is -2.33. The van der Waals surface area contributed by atoms with Gasteiger partial charge in [-0.25, -0.2) is 4.79 Å². The molecule has 0 aliphatic heterocycles. The average Bonchev–Trinajstić information content (AvgIpc) is 3.08. The summed E-state index contributed by atoms with van der Waals surface area (Å²) in [6.07, 6.45) is 1.99. The minimum Gasteiger partial charge on any atom is -0.481 e. The van der Waals surface area contributed by atoms with E-state index in [-0.39, 0.29) is 42.9 Å². The first kappa shape index (κ1) is 22.8. The third-order valence-corrected chi connectivity index (χ3v) is 6.59. The monoisotopic (exact) mass is 450 g/mol. The van der Waals surface area contributed by atoms with E-state index in [2.05, 4.69) is 34.9 Å². The number of carbonyl (C=O) groups excluding carboxylic acids is 2. The second-order valence-corrected chi connectivity index (χ2v) is 8.93. The molecule has 2 amide bonds. The van der Waals surface area contributed by atoms with E-state index in [9.17, 15) is 14.4 Å². The van der Waals surface area contributed by atoms with Crippen molar-refractivity contribution in [2.24, 2.45) is 5.92 Å². The molecule has 0 heterocycles. The van der Waals surface area contributed by atoms with Gasteiger partial charge in [0, 0.05) is 24.4 Å². The predicted octanol–water partition coefficient (Wildman–Crippen LogP) is 4.06. The van der Waals surface area contributed by atoms with Gasteiger partial charge in [0.2, 0.25) is 5.91 Å². The number of nitrogens with one attached hydrogen (secondary N) is 2. The quantitative estimate of drug-likeness (QED) is 0.534. The van der Waals surface area contributed by atoms with Crippen molar-refractivity contribution in [3.05, 3.63) is 59.7 Å². The Morgan fingerprint density at radius 2 is 1.64 bits per heavy atom. The van der Waals surface area contributed by atoms with Gasteiger partial charge in [0.25, 0.3) is 0 Å². The highest BCUT2D eigenvalue weighted by molar-refractivity contribution is 5.80. The van der Waals surface area contributed by atoms with Gasteiger partial charge >= 0.3 is 12.1 Å². The largest absolute Gasteiger partial charge is 0.481 e. The Labute approximate surface area is 193 Å². The second kappa shape index (κ2) is 10.1. The van der Waals surface area contributed by atoms with Crippen LogP contribution in [0.3, 0.4) is 0 Å². The Balaban J connectivity index is 1.30. The number of fused-ring (bicyclic) bond motifs is 3. The van der Waals surface area contributed by atoms with Crippen LogP contribution in [0.4, 0.5) is 4.79 Å². The number of benzene rings is 2. The highest BCUT2D eigenvalue weighted by Gasteiger charge is 2.35. The molecule has 0 unspecified atom stereocenters. The standard InChI is InChI=1S/C26H30N2O5/c1-2-7-17(14-24(29)27-18-12-16(13-18)25(30)31)28-26(32)33-15-23-21-10-5-3-8-19(21)20-9-4-6-11-22(20)23/h3-6,8-11,16-18,23H,2,7,12-15H2,1H3,(H,27,29)(H,28,32)(H,30,31)/t16?,17-,18?/m1/s1. The summed E-state index contributed by atoms with van der Waals surface area (Å²) in [5, 5.41) is 14.7. The van der Waals surface area contributed by atoms with E-state index < -0.39 is 12.1 Å². The molecule has 7 nitrogen and oxygen atoms in total. The van der Waals surface area contributed by atoms with Crippen LogP contribution in [0.25, 0.3) is 11.1 Å². The smallest absolute Gasteiger partial charge is 0.407 e. The molecular formula is C26H30N2O5. The number of carboxylic acid groups (broad SMARTS) is 1. The summed E-state index contributed by atoms with van der Waals surface area (Å²) in [5.74, 6) is -1.39. The molecule has 2 aliphatic rings. The second-order valence-electron chi connectivity index (χ2n) is 8.93. The van der Waals surface area contributed by atoms with Gasteiger partial charge < -0.3 is 20.5 Å². The van der Waals surface area contributed by atoms with Crippen molar-refractivity contribution in [3.8, 4) is 11.1 Å². The maximum Gasteiger partial charge on any atom is 0.407 e. The Kier molecular flexibility index (Phi) is 6.96. The SMILES string of the molecule is CCC[C@H](CC(=O)NC1CC(C(=O)O)C1)NC(=O)OCC1c2ccccc2-c2ccccc21. The fraction of sp³-hybridized carbons (Fsp3) is 0.423. The normalized spacial score (nSPS) is 19.5. The van der Waals surface area contributed by atoms with Gasteiger partial charge in [-0.3, -0.25) is 9.59 Å². The maximum absolute atomic E-state index is 12.6. The number of hydrogen-bond donors (Lipinski definition) is 3. The highest BCUT2D eigenvalue weighted by Crippen LogP contribution is 2.44. The molecule has 4 rings (SSSR count). The molecule has 0 radical (unpaired) electrons. The van der Waals surface area contributed by atoms with E-state index >= 15 is 0 Å². The van der Waals surface area contributed by atoms with Crippen molar-refractivity contribution < 1.29 is 24.2 Å². The van der Waals surface area contributed by atoms with Gasteiger partial charge in [-0.1, -0.05) is 61.9 Å². The first-order valence-corrected chi connectivity index (χ1v) is 11.6. The van der Waals surface area contributed by atoms with Gasteiger partial charge in [-0.05, 0) is 41.5 Å². The molecule has 2 aromatic carbocycles. The minimum atomic E-state index is -0.818. The summed E-state index contributed by atoms with van der Waals surface area (Å²) in [7, 11) is 0. The fourth-order valence-electron chi connectivity index (χ4n) is 4.83. The van der Waals surface area contributed by atoms with Crippen molar-refractivity contribution in [2.75, 3.05) is 6.61 Å². The number of rotatable bonds is 9. The summed E-state index contributed by atoms with van der Waals surface area (Å²) in [6.45, 7) is 2.22. The molecule has 33 heavy (non-hydrogen) atoms. The lowest BCUT2D eigenvalue weighted by Crippen LogP contribution is -2.48. The zero-order valence-corrected chi connectivity index (χ0v) is 18.8. The van der Waals surface area contributed by atoms with Crippen molar-refractivity contribution >= 4 is 18.0 Å². The molecule has 0 aromatic heterocycles. The van der Waals surface area contributed by atoms with E-state index in [1.54, 1.807) is 0 Å². The van der Waals surface area contributed by atoms with E-state index in [0.717, 1.165) is 17.5 Å². The van der Waals surface area contributed by atoms with Crippen LogP contribution in [0.5, 0.6) is 0 Å². The van der Waals surface area contributed by atoms with Gasteiger partial charge in [0.1, 0.15) is 6.61 Å². The molecule has 174 valence electrons. The van der Waals surface area contributed by atoms with Gasteiger partial charge in [0.15, 0.2) is 0 Å². The lowest BCUT2D eigenvalue weighted by atomic mass is 9.80. The van der Waals surface area contributed by atoms with Crippen LogP contribution < -0.4 is 10.6 Å². The van der Waals surface area contributed by atoms with Gasteiger partial charge in [-0.2, -0.15) is 0 Å². The van der Waals surface area contributed by atoms with E-state index in [4.69, 9.17) is 9.84 Å². The molecule has 0 spiro atoms. The zero-order chi connectivity index (χ0) is 23.4. The Morgan fingerprint density at radius 3 is 2.21 bits per heavy atom. The van der Waals surface area contributed by atoms with Crippen LogP contribution in [0.1, 0.15) is 56.1 Å². The lowest BCUT2D eigenvalue weighted by molar-refractivity contribution is -0.146. The molecule has 2 aliphatic carbocycles. The fourth-order valence-corrected chi connectivity index (χ4v) is 4.83. The van der Waals surface area contributed by atoms with E-state index in [1.807, 2.05) is 31.2 Å². The molecule has 2 aromatic rings. The Morgan fingerprint density at radius 1 is 1.03 bits per heavy atom. The molecule has 7 heteroatoms. The molecule has 3 N–H and O–H groups in total. The number of carbonyl (C=O) groups is 3. The Hall–Kier alpha value is -3.35. The number of carboxylic acids is 1. The maximum atomic E-state index is 12.6. The van der Waals surface area contributed by atoms with Crippen LogP contribution in [0, 0.1) is 5.92 Å². The van der Waals surface area contributed by atoms with Crippen LogP contribution in [-0.4, -0.2) is 41.8 Å². The van der Waals surface area contributed by atoms with Crippen LogP contribution >= 0.6 is 0 Å². The zero-order valence-electron chi connectivity index (χ0n) is 18.8. The number of hydrogen-bond acceptors (Lipinski definition) is 4. The van der Waals surface area contributed by atoms with Crippen molar-refractivity contribution in [2.45, 2.75) is 57.0 Å². The third kappa shape index (κ3) is 5.18. The van der Waals surface area contributed by atoms with Crippen LogP contribution in [0.15, 0.2) is 48.5 Å². The van der Waals surface area contributed by atoms with E-state index in [1.165, 1.54) is 11.1 Å². The predicted molar refractivity (Wildman–Crippen MR) is 124 cm³/mol. The number of aliphatic carboxylic acids is 1. The number of ether oxygens (including phenoxy) is 1. The van der Waals surface area contributed by atoms with Crippen LogP contribution in [0.2, 0.25) is 0 Å². The Bertz CT molecular complexity index is 985. The summed E-state index contributed by atoms with van der Waals surface area (Å²) < 4.78 is 5.60. The molecule has 1 fully saturated rings. The summed E-state index contributed by atoms with van der Waals surface area (Å²) in [6, 6.07) is 15.9. The van der Waals surface area contributed by atoms with Crippen molar-refractivity contribution in [1.82, 2.24) is 10.6 Å². The molecule has 1 atom stereocenters. The number of amides is 2. The highest BCUT2D eigenvalue weighted by atomic mass is 16.5. The molecule has 0 saturated heterocycles. The van der Waals surface area contributed by atoms with Crippen molar-refractivity contribution in [3.63, 3.8) is 0 Å². The van der Waals surface area contributed by atoms with Crippen LogP contribution in [-0.2, 0) is 14.3 Å². The summed E-state index contributed by atoms with van der Waals surface area (Å²) in [5.41, 5.74) is 4.64. The summed E-state index contributed by atoms with van der Waals surface area (Å²) >= 11 is 0. The summed E-state index contributed by atoms with van der Waals surface area (Å²) in [4.78, 5) is 35.9. The van der Waals surface area contributed by atoms with Gasteiger partial charge in [0.05, 0.1) is 5.92 Å². The average molecular weight is 451 g/mol. The molecule has 1 saturated carbocycles. The number of alkyl carbamates (subject to hydrolysis) is 1. The van der Waals surface area contributed by atoms with E-state index in [0.29, 0.717) is 19.3 Å². The molecular weight excluding hydrogens is 420 g/mol. The minimum absolute atomic E-state index is 0.0168. The first-order chi connectivity index (χ1) is 16.0. The molecule has 0 bridgehead atoms. The van der Waals surface area contributed by atoms with Gasteiger partial charge in [-0.15, -0.1) is 0 Å². The third-order valence-electron chi connectivity index (χ3n) is 6.59. The topological polar surface area (TPSA) is 105 Å². The van der Waals surface area contributed by atoms with Crippen molar-refractivity contribution in [1.29, 1.82) is 0 Å². The first-order valence-electron chi connectivity index (χ1n) is 11.6.